The van der Waals surface area contributed by atoms with Gasteiger partial charge in [-0.1, -0.05) is 36.8 Å². The van der Waals surface area contributed by atoms with Gasteiger partial charge in [-0.15, -0.1) is 21.5 Å². The Morgan fingerprint density at radius 3 is 2.88 bits per heavy atom. The van der Waals surface area contributed by atoms with Crippen molar-refractivity contribution in [3.63, 3.8) is 0 Å². The van der Waals surface area contributed by atoms with Crippen molar-refractivity contribution < 1.29 is 0 Å². The van der Waals surface area contributed by atoms with Crippen molar-refractivity contribution in [1.82, 2.24) is 15.5 Å². The lowest BCUT2D eigenvalue weighted by Gasteiger charge is -2.04. The van der Waals surface area contributed by atoms with E-state index in [1.54, 1.807) is 22.7 Å². The average Bonchev–Trinajstić information content (AvgIpc) is 2.86. The van der Waals surface area contributed by atoms with E-state index in [1.807, 2.05) is 11.4 Å². The van der Waals surface area contributed by atoms with Gasteiger partial charge < -0.3 is 5.32 Å². The number of thiophene rings is 1. The molecule has 0 aromatic carbocycles. The van der Waals surface area contributed by atoms with Crippen molar-refractivity contribution in [2.45, 2.75) is 26.3 Å². The fraction of sp³-hybridized carbons (Fsp3) is 0.455. The van der Waals surface area contributed by atoms with Crippen LogP contribution in [0.5, 0.6) is 0 Å². The molecule has 0 unspecified atom stereocenters. The minimum atomic E-state index is 0.508. The molecule has 0 atom stereocenters. The molecule has 0 aliphatic carbocycles. The van der Waals surface area contributed by atoms with Gasteiger partial charge in [-0.3, -0.25) is 0 Å². The Kier molecular flexibility index (Phi) is 4.50. The first-order chi connectivity index (χ1) is 8.16. The summed E-state index contributed by atoms with van der Waals surface area (Å²) in [5, 5.41) is 16.4. The largest absolute Gasteiger partial charge is 0.314 e. The highest BCUT2D eigenvalue weighted by atomic mass is 35.5. The molecule has 0 aliphatic rings. The minimum Gasteiger partial charge on any atom is -0.314 e. The molecule has 0 radical (unpaired) electrons. The van der Waals surface area contributed by atoms with E-state index in [4.69, 9.17) is 11.6 Å². The Morgan fingerprint density at radius 1 is 1.41 bits per heavy atom. The van der Waals surface area contributed by atoms with Crippen molar-refractivity contribution >= 4 is 34.3 Å². The van der Waals surface area contributed by atoms with Gasteiger partial charge in [0.1, 0.15) is 5.01 Å². The van der Waals surface area contributed by atoms with Gasteiger partial charge in [-0.25, -0.2) is 0 Å². The zero-order chi connectivity index (χ0) is 12.3. The van der Waals surface area contributed by atoms with E-state index in [1.165, 1.54) is 0 Å². The van der Waals surface area contributed by atoms with E-state index in [9.17, 15) is 0 Å². The predicted molar refractivity (Wildman–Crippen MR) is 75.1 cm³/mol. The molecule has 0 aliphatic heterocycles. The average molecular weight is 288 g/mol. The van der Waals surface area contributed by atoms with Crippen LogP contribution in [0.15, 0.2) is 11.4 Å². The van der Waals surface area contributed by atoms with Gasteiger partial charge in [0.25, 0.3) is 0 Å². The quantitative estimate of drug-likeness (QED) is 0.915. The summed E-state index contributed by atoms with van der Waals surface area (Å²) < 4.78 is 0. The van der Waals surface area contributed by atoms with Gasteiger partial charge in [0.05, 0.1) is 9.90 Å². The summed E-state index contributed by atoms with van der Waals surface area (Å²) in [5.41, 5.74) is 0. The molecule has 0 spiro atoms. The lowest BCUT2D eigenvalue weighted by Crippen LogP contribution is -2.24. The summed E-state index contributed by atoms with van der Waals surface area (Å²) in [4.78, 5) is 1.02. The first-order valence-corrected chi connectivity index (χ1v) is 7.53. The van der Waals surface area contributed by atoms with E-state index in [0.717, 1.165) is 32.9 Å². The summed E-state index contributed by atoms with van der Waals surface area (Å²) in [5.74, 6) is 0. The zero-order valence-electron chi connectivity index (χ0n) is 9.74. The number of nitrogens with zero attached hydrogens (tertiary/aromatic N) is 2. The molecular formula is C11H14ClN3S2. The second kappa shape index (κ2) is 5.91. The van der Waals surface area contributed by atoms with Gasteiger partial charge in [0.2, 0.25) is 0 Å². The second-order valence-corrected chi connectivity index (χ2v) is 6.34. The highest BCUT2D eigenvalue weighted by Gasteiger charge is 2.11. The lowest BCUT2D eigenvalue weighted by molar-refractivity contribution is 0.588. The normalized spacial score (nSPS) is 11.3. The molecule has 2 heterocycles. The smallest absolute Gasteiger partial charge is 0.159 e. The maximum Gasteiger partial charge on any atom is 0.159 e. The Hall–Kier alpha value is -0.490. The van der Waals surface area contributed by atoms with Crippen molar-refractivity contribution in [2.24, 2.45) is 0 Å². The molecule has 0 saturated carbocycles. The van der Waals surface area contributed by atoms with Gasteiger partial charge >= 0.3 is 0 Å². The third-order valence-corrected chi connectivity index (χ3v) is 4.65. The van der Waals surface area contributed by atoms with Gasteiger partial charge in [-0.05, 0) is 11.4 Å². The Balaban J connectivity index is 1.99. The molecule has 0 bridgehead atoms. The first kappa shape index (κ1) is 13.0. The summed E-state index contributed by atoms with van der Waals surface area (Å²) in [6.45, 7) is 5.21. The monoisotopic (exact) mass is 287 g/mol. The SMILES string of the molecule is CC(C)NCCc1nnc(-c2sccc2Cl)s1. The van der Waals surface area contributed by atoms with E-state index < -0.39 is 0 Å². The molecule has 2 aromatic rings. The van der Waals surface area contributed by atoms with Gasteiger partial charge in [0.15, 0.2) is 5.01 Å². The summed E-state index contributed by atoms with van der Waals surface area (Å²) >= 11 is 9.29. The predicted octanol–water partition coefficient (Wildman–Crippen LogP) is 3.46. The first-order valence-electron chi connectivity index (χ1n) is 5.46. The Morgan fingerprint density at radius 2 is 2.24 bits per heavy atom. The number of hydrogen-bond donors (Lipinski definition) is 1. The van der Waals surface area contributed by atoms with Crippen LogP contribution in [0.4, 0.5) is 0 Å². The van der Waals surface area contributed by atoms with Crippen LogP contribution in [0.2, 0.25) is 5.02 Å². The van der Waals surface area contributed by atoms with Gasteiger partial charge in [-0.2, -0.15) is 0 Å². The second-order valence-electron chi connectivity index (χ2n) is 3.96. The lowest BCUT2D eigenvalue weighted by atomic mass is 10.3. The van der Waals surface area contributed by atoms with Crippen LogP contribution in [-0.4, -0.2) is 22.8 Å². The molecule has 0 saturated heterocycles. The van der Waals surface area contributed by atoms with Crippen LogP contribution in [0, 0.1) is 0 Å². The topological polar surface area (TPSA) is 37.8 Å². The van der Waals surface area contributed by atoms with E-state index in [-0.39, 0.29) is 0 Å². The van der Waals surface area contributed by atoms with Crippen LogP contribution < -0.4 is 5.32 Å². The molecule has 17 heavy (non-hydrogen) atoms. The summed E-state index contributed by atoms with van der Waals surface area (Å²) in [6, 6.07) is 2.40. The minimum absolute atomic E-state index is 0.508. The summed E-state index contributed by atoms with van der Waals surface area (Å²) in [7, 11) is 0. The van der Waals surface area contributed by atoms with Crippen LogP contribution >= 0.6 is 34.3 Å². The van der Waals surface area contributed by atoms with E-state index in [0.29, 0.717) is 6.04 Å². The highest BCUT2D eigenvalue weighted by molar-refractivity contribution is 7.21. The van der Waals surface area contributed by atoms with Crippen molar-refractivity contribution in [3.8, 4) is 9.88 Å². The number of hydrogen-bond acceptors (Lipinski definition) is 5. The molecule has 1 N–H and O–H groups in total. The van der Waals surface area contributed by atoms with Crippen LogP contribution in [0.1, 0.15) is 18.9 Å². The third-order valence-electron chi connectivity index (χ3n) is 2.17. The molecule has 6 heteroatoms. The van der Waals surface area contributed by atoms with Crippen LogP contribution in [-0.2, 0) is 6.42 Å². The molecule has 0 amide bonds. The third kappa shape index (κ3) is 3.48. The number of nitrogens with one attached hydrogen (secondary N) is 1. The number of aromatic nitrogens is 2. The Bertz CT molecular complexity index is 479. The van der Waals surface area contributed by atoms with Crippen molar-refractivity contribution in [1.29, 1.82) is 0 Å². The van der Waals surface area contributed by atoms with Crippen LogP contribution in [0.3, 0.4) is 0 Å². The molecule has 2 aromatic heterocycles. The molecule has 2 rings (SSSR count). The fourth-order valence-electron chi connectivity index (χ4n) is 1.36. The molecule has 3 nitrogen and oxygen atoms in total. The van der Waals surface area contributed by atoms with Crippen molar-refractivity contribution in [2.75, 3.05) is 6.54 Å². The standard InChI is InChI=1S/C11H14ClN3S2/c1-7(2)13-5-3-9-14-15-11(17-9)10-8(12)4-6-16-10/h4,6-7,13H,3,5H2,1-2H3. The molecule has 92 valence electrons. The maximum atomic E-state index is 6.07. The van der Waals surface area contributed by atoms with Crippen LogP contribution in [0.25, 0.3) is 9.88 Å². The highest BCUT2D eigenvalue weighted by Crippen LogP contribution is 2.34. The fourth-order valence-corrected chi connectivity index (χ4v) is 3.50. The number of halogens is 1. The molecular weight excluding hydrogens is 274 g/mol. The van der Waals surface area contributed by atoms with Crippen molar-refractivity contribution in [3.05, 3.63) is 21.5 Å². The molecule has 0 fully saturated rings. The Labute approximate surface area is 114 Å². The van der Waals surface area contributed by atoms with E-state index in [2.05, 4.69) is 29.4 Å². The summed E-state index contributed by atoms with van der Waals surface area (Å²) in [6.07, 6.45) is 0.916. The van der Waals surface area contributed by atoms with Gasteiger partial charge in [0, 0.05) is 19.0 Å². The van der Waals surface area contributed by atoms with E-state index >= 15 is 0 Å². The maximum absolute atomic E-state index is 6.07. The number of rotatable bonds is 5. The zero-order valence-corrected chi connectivity index (χ0v) is 12.1.